The Morgan fingerprint density at radius 3 is 1.19 bits per heavy atom. The molecule has 3 saturated heterocycles. The molecule has 3 fully saturated rings. The molecule has 7 heterocycles. The van der Waals surface area contributed by atoms with E-state index < -0.39 is 14.0 Å². The maximum atomic E-state index is 12.1. The van der Waals surface area contributed by atoms with Crippen molar-refractivity contribution < 1.29 is 32.3 Å². The molecule has 0 bridgehead atoms. The van der Waals surface area contributed by atoms with Gasteiger partial charge in [0.05, 0.1) is 72.4 Å². The highest BCUT2D eigenvalue weighted by Gasteiger charge is 2.64. The van der Waals surface area contributed by atoms with Gasteiger partial charge < -0.3 is 27.9 Å². The minimum Gasteiger partial charge on any atom is -0.405 e. The van der Waals surface area contributed by atoms with Crippen LogP contribution in [-0.2, 0) is 34.3 Å². The van der Waals surface area contributed by atoms with Gasteiger partial charge in [-0.2, -0.15) is 0 Å². The largest absolute Gasteiger partial charge is 0.494 e. The van der Waals surface area contributed by atoms with E-state index in [-0.39, 0.29) is 46.5 Å². The molecule has 0 spiro atoms. The summed E-state index contributed by atoms with van der Waals surface area (Å²) in [5.74, 6) is -0.171. The third kappa shape index (κ3) is 16.6. The Hall–Kier alpha value is -6.84. The summed E-state index contributed by atoms with van der Waals surface area (Å²) in [6, 6.07) is 56.3. The standard InChI is InChI=1S/C20H23BN2O2.2C14H11BrN2.C12H24B2O4.C8H6BrN.C7H7F/c1-14-6-9-16(10-7-14)23-13-22-17-11-8-15(12-18(17)23)21-24-19(2,3)20(4,5)25-21;1-10-2-5-12(6-3-10)17-9-16-13-8-11(15)4-7-14(13)17;1-10-2-5-12(6-3-10)17-9-16-13-7-4-11(15)8-14(13)17;1-9(2)10(3,4)16-13(15-9)14-17-11(5,6)12(7,8)18-14;9-7-1-2-8-6(5-7)3-4-10-8;1-6-2-4-7(8)5-3-6/h6-13H,1-5H3;2*2-9H,1H3;1-8H3;1-2,4-5H,3H2;2-5H,1H3. The zero-order valence-corrected chi connectivity index (χ0v) is 61.8. The average molecular weight is 1470 g/mol. The first-order valence-electron chi connectivity index (χ1n) is 31.8. The molecule has 8 aromatic carbocycles. The van der Waals surface area contributed by atoms with Crippen molar-refractivity contribution in [2.24, 2.45) is 4.99 Å². The molecule has 0 unspecified atom stereocenters. The lowest BCUT2D eigenvalue weighted by molar-refractivity contribution is 0.00578. The third-order valence-electron chi connectivity index (χ3n) is 18.4. The highest BCUT2D eigenvalue weighted by molar-refractivity contribution is 9.11. The zero-order chi connectivity index (χ0) is 68.4. The fourth-order valence-corrected chi connectivity index (χ4v) is 11.6. The summed E-state index contributed by atoms with van der Waals surface area (Å²) in [5.41, 5.74) is 15.8. The molecule has 0 N–H and O–H groups in total. The molecular weight excluding hydrogens is 1390 g/mol. The highest BCUT2D eigenvalue weighted by atomic mass is 79.9. The Morgan fingerprint density at radius 2 is 0.737 bits per heavy atom. The van der Waals surface area contributed by atoms with Crippen LogP contribution in [0.4, 0.5) is 10.1 Å². The molecule has 0 amide bonds. The maximum Gasteiger partial charge on any atom is 0.494 e. The Bertz CT molecular complexity index is 4400. The molecule has 11 aromatic rings. The van der Waals surface area contributed by atoms with Crippen LogP contribution in [0.5, 0.6) is 0 Å². The molecule has 4 aliphatic heterocycles. The van der Waals surface area contributed by atoms with Crippen molar-refractivity contribution >= 4 is 119 Å². The van der Waals surface area contributed by atoms with Crippen molar-refractivity contribution in [3.05, 3.63) is 236 Å². The Morgan fingerprint density at radius 1 is 0.379 bits per heavy atom. The zero-order valence-electron chi connectivity index (χ0n) is 57.0. The number of rotatable bonds is 5. The van der Waals surface area contributed by atoms with E-state index in [0.29, 0.717) is 0 Å². The van der Waals surface area contributed by atoms with Crippen LogP contribution in [0.3, 0.4) is 0 Å². The molecule has 15 rings (SSSR count). The number of aromatic nitrogens is 6. The van der Waals surface area contributed by atoms with Gasteiger partial charge in [-0.1, -0.05) is 125 Å². The van der Waals surface area contributed by atoms with Gasteiger partial charge in [0.1, 0.15) is 24.8 Å². The molecule has 4 aliphatic rings. The second kappa shape index (κ2) is 28.7. The van der Waals surface area contributed by atoms with E-state index in [1.165, 1.54) is 34.4 Å². The molecule has 0 atom stereocenters. The number of nitrogens with zero attached hydrogens (tertiary/aromatic N) is 7. The van der Waals surface area contributed by atoms with Gasteiger partial charge in [0.15, 0.2) is 0 Å². The van der Waals surface area contributed by atoms with Gasteiger partial charge in [-0.15, -0.1) is 0 Å². The third-order valence-corrected chi connectivity index (χ3v) is 19.9. The lowest BCUT2D eigenvalue weighted by Gasteiger charge is -2.32. The van der Waals surface area contributed by atoms with E-state index in [9.17, 15) is 4.39 Å². The van der Waals surface area contributed by atoms with E-state index in [1.807, 2.05) is 136 Å². The fourth-order valence-electron chi connectivity index (χ4n) is 10.5. The highest BCUT2D eigenvalue weighted by Crippen LogP contribution is 2.43. The van der Waals surface area contributed by atoms with E-state index >= 15 is 0 Å². The molecule has 490 valence electrons. The number of hydrogen-bond acceptors (Lipinski definition) is 10. The van der Waals surface area contributed by atoms with Crippen molar-refractivity contribution in [3.63, 3.8) is 0 Å². The van der Waals surface area contributed by atoms with Crippen LogP contribution in [-0.4, -0.2) is 89.6 Å². The minimum atomic E-state index is -0.476. The van der Waals surface area contributed by atoms with Gasteiger partial charge in [-0.3, -0.25) is 18.7 Å². The lowest BCUT2D eigenvalue weighted by Crippen LogP contribution is -2.41. The van der Waals surface area contributed by atoms with Crippen LogP contribution < -0.4 is 5.46 Å². The predicted molar refractivity (Wildman–Crippen MR) is 398 cm³/mol. The van der Waals surface area contributed by atoms with E-state index in [0.717, 1.165) is 86.7 Å². The summed E-state index contributed by atoms with van der Waals surface area (Å²) in [6.45, 7) is 32.7. The lowest BCUT2D eigenvalue weighted by atomic mass is 9.49. The van der Waals surface area contributed by atoms with Gasteiger partial charge in [-0.25, -0.2) is 19.3 Å². The van der Waals surface area contributed by atoms with Crippen molar-refractivity contribution in [1.29, 1.82) is 0 Å². The summed E-state index contributed by atoms with van der Waals surface area (Å²) in [7, 11) is -1.32. The van der Waals surface area contributed by atoms with Crippen molar-refractivity contribution in [2.45, 2.75) is 151 Å². The number of halogens is 4. The smallest absolute Gasteiger partial charge is 0.405 e. The number of benzene rings is 8. The van der Waals surface area contributed by atoms with E-state index in [4.69, 9.17) is 27.9 Å². The minimum absolute atomic E-state index is 0.171. The van der Waals surface area contributed by atoms with Gasteiger partial charge in [0, 0.05) is 43.1 Å². The fraction of sp³-hybridized carbons (Fsp3) is 0.307. The second-order valence-corrected chi connectivity index (χ2v) is 30.0. The Kier molecular flexibility index (Phi) is 21.4. The monoisotopic (exact) mass is 1470 g/mol. The summed E-state index contributed by atoms with van der Waals surface area (Å²) in [6.07, 6.45) is 8.51. The predicted octanol–water partition coefficient (Wildman–Crippen LogP) is 18.9. The number of fused-ring (bicyclic) bond motifs is 4. The Balaban J connectivity index is 0.000000128. The molecule has 0 saturated carbocycles. The van der Waals surface area contributed by atoms with Crippen LogP contribution in [0.1, 0.15) is 111 Å². The van der Waals surface area contributed by atoms with E-state index in [2.05, 4.69) is 227 Å². The molecule has 3 aromatic heterocycles. The number of hydrogen-bond donors (Lipinski definition) is 0. The first kappa shape index (κ1) is 71.0. The molecule has 0 aliphatic carbocycles. The summed E-state index contributed by atoms with van der Waals surface area (Å²) in [5, 5.41) is 0. The van der Waals surface area contributed by atoms with Crippen LogP contribution >= 0.6 is 47.8 Å². The topological polar surface area (TPSA) is 121 Å². The summed E-state index contributed by atoms with van der Waals surface area (Å²) >= 11 is 10.4. The van der Waals surface area contributed by atoms with E-state index in [1.54, 1.807) is 12.1 Å². The van der Waals surface area contributed by atoms with Gasteiger partial charge >= 0.3 is 21.1 Å². The van der Waals surface area contributed by atoms with Crippen molar-refractivity contribution in [3.8, 4) is 17.1 Å². The molecule has 0 radical (unpaired) electrons. The normalized spacial score (nSPS) is 17.2. The maximum absolute atomic E-state index is 12.1. The second-order valence-electron chi connectivity index (χ2n) is 27.3. The molecular formula is C75H82B3Br3FN7O6. The first-order valence-corrected chi connectivity index (χ1v) is 34.2. The van der Waals surface area contributed by atoms with Crippen molar-refractivity contribution in [2.75, 3.05) is 0 Å². The van der Waals surface area contributed by atoms with Crippen LogP contribution in [0.2, 0.25) is 0 Å². The van der Waals surface area contributed by atoms with Crippen LogP contribution in [0.15, 0.2) is 207 Å². The Labute approximate surface area is 585 Å². The number of aryl methyl sites for hydroxylation is 4. The van der Waals surface area contributed by atoms with Crippen molar-refractivity contribution in [1.82, 2.24) is 28.7 Å². The quantitative estimate of drug-likeness (QED) is 0.155. The average Bonchev–Trinajstić information content (AvgIpc) is 1.61. The first-order chi connectivity index (χ1) is 44.8. The van der Waals surface area contributed by atoms with Gasteiger partial charge in [-0.05, 0) is 237 Å². The number of aliphatic imine (C=N–C) groups is 1. The molecule has 13 nitrogen and oxygen atoms in total. The molecule has 20 heteroatoms. The summed E-state index contributed by atoms with van der Waals surface area (Å²) in [4.78, 5) is 17.5. The van der Waals surface area contributed by atoms with Gasteiger partial charge in [0.25, 0.3) is 0 Å². The van der Waals surface area contributed by atoms with Crippen LogP contribution in [0.25, 0.3) is 50.2 Å². The number of imidazole rings is 3. The van der Waals surface area contributed by atoms with Crippen LogP contribution in [0, 0.1) is 33.5 Å². The summed E-state index contributed by atoms with van der Waals surface area (Å²) < 4.78 is 57.9. The molecule has 95 heavy (non-hydrogen) atoms. The van der Waals surface area contributed by atoms with Gasteiger partial charge in [0.2, 0.25) is 0 Å². The SMILES string of the molecule is Brc1ccc2c(c1)CC=N2.CC1(C)OB(B2OC(C)(C)C(C)(C)O2)OC1(C)C.Cc1ccc(-n2cnc3cc(Br)ccc32)cc1.Cc1ccc(-n2cnc3ccc(B4OC(C)(C)C(C)(C)O4)cc32)cc1.Cc1ccc(-n2cnc3ccc(Br)cc32)cc1.Cc1ccc(F)cc1.